The fraction of sp³-hybridized carbons (Fsp3) is 0.143. The SMILES string of the molecule is Cc1cc(Br)ccc1NS(=O)(=O)Cc1ccc(N)cc1. The monoisotopic (exact) mass is 354 g/mol. The lowest BCUT2D eigenvalue weighted by atomic mass is 10.2. The molecule has 20 heavy (non-hydrogen) atoms. The number of hydrogen-bond acceptors (Lipinski definition) is 3. The van der Waals surface area contributed by atoms with Crippen molar-refractivity contribution >= 4 is 37.3 Å². The number of rotatable bonds is 4. The zero-order valence-electron chi connectivity index (χ0n) is 10.9. The number of sulfonamides is 1. The molecule has 0 aliphatic carbocycles. The molecule has 2 aromatic carbocycles. The van der Waals surface area contributed by atoms with E-state index in [1.807, 2.05) is 13.0 Å². The Morgan fingerprint density at radius 3 is 2.40 bits per heavy atom. The first-order valence-corrected chi connectivity index (χ1v) is 8.41. The summed E-state index contributed by atoms with van der Waals surface area (Å²) in [4.78, 5) is 0. The highest BCUT2D eigenvalue weighted by molar-refractivity contribution is 9.10. The Kier molecular flexibility index (Phi) is 4.35. The molecule has 106 valence electrons. The lowest BCUT2D eigenvalue weighted by molar-refractivity contribution is 0.600. The topological polar surface area (TPSA) is 72.2 Å². The van der Waals surface area contributed by atoms with Crippen LogP contribution >= 0.6 is 15.9 Å². The van der Waals surface area contributed by atoms with E-state index in [-0.39, 0.29) is 5.75 Å². The number of anilines is 2. The van der Waals surface area contributed by atoms with Gasteiger partial charge in [-0.1, -0.05) is 28.1 Å². The van der Waals surface area contributed by atoms with Crippen LogP contribution in [0.2, 0.25) is 0 Å². The van der Waals surface area contributed by atoms with E-state index in [1.54, 1.807) is 36.4 Å². The van der Waals surface area contributed by atoms with Gasteiger partial charge < -0.3 is 5.73 Å². The van der Waals surface area contributed by atoms with Gasteiger partial charge in [-0.25, -0.2) is 8.42 Å². The Hall–Kier alpha value is -1.53. The zero-order chi connectivity index (χ0) is 14.8. The van der Waals surface area contributed by atoms with Crippen molar-refractivity contribution in [1.82, 2.24) is 0 Å². The van der Waals surface area contributed by atoms with Crippen molar-refractivity contribution in [2.24, 2.45) is 0 Å². The van der Waals surface area contributed by atoms with E-state index in [1.165, 1.54) is 0 Å². The number of nitrogens with two attached hydrogens (primary N) is 1. The van der Waals surface area contributed by atoms with Crippen molar-refractivity contribution < 1.29 is 8.42 Å². The Balaban J connectivity index is 2.17. The van der Waals surface area contributed by atoms with E-state index in [0.29, 0.717) is 16.9 Å². The molecule has 2 rings (SSSR count). The van der Waals surface area contributed by atoms with E-state index < -0.39 is 10.0 Å². The van der Waals surface area contributed by atoms with Crippen LogP contribution in [0.25, 0.3) is 0 Å². The lowest BCUT2D eigenvalue weighted by Gasteiger charge is -2.11. The van der Waals surface area contributed by atoms with Crippen LogP contribution in [0, 0.1) is 6.92 Å². The van der Waals surface area contributed by atoms with Crippen molar-refractivity contribution in [3.05, 3.63) is 58.1 Å². The molecule has 2 aromatic rings. The molecular formula is C14H15BrN2O2S. The fourth-order valence-electron chi connectivity index (χ4n) is 1.78. The fourth-order valence-corrected chi connectivity index (χ4v) is 3.52. The molecule has 0 bridgehead atoms. The highest BCUT2D eigenvalue weighted by Gasteiger charge is 2.13. The van der Waals surface area contributed by atoms with Gasteiger partial charge in [0.15, 0.2) is 0 Å². The van der Waals surface area contributed by atoms with Gasteiger partial charge in [-0.2, -0.15) is 0 Å². The molecule has 0 aromatic heterocycles. The number of benzene rings is 2. The van der Waals surface area contributed by atoms with Gasteiger partial charge in [-0.3, -0.25) is 4.72 Å². The third kappa shape index (κ3) is 3.98. The van der Waals surface area contributed by atoms with Crippen molar-refractivity contribution in [3.8, 4) is 0 Å². The second-order valence-electron chi connectivity index (χ2n) is 4.56. The van der Waals surface area contributed by atoms with Gasteiger partial charge in [0, 0.05) is 10.2 Å². The normalized spacial score (nSPS) is 11.3. The smallest absolute Gasteiger partial charge is 0.236 e. The maximum Gasteiger partial charge on any atom is 0.236 e. The van der Waals surface area contributed by atoms with Gasteiger partial charge in [0.05, 0.1) is 11.4 Å². The van der Waals surface area contributed by atoms with Crippen LogP contribution in [-0.4, -0.2) is 8.42 Å². The summed E-state index contributed by atoms with van der Waals surface area (Å²) < 4.78 is 27.8. The second-order valence-corrected chi connectivity index (χ2v) is 7.20. The van der Waals surface area contributed by atoms with E-state index in [9.17, 15) is 8.42 Å². The first kappa shape index (κ1) is 14.9. The number of nitrogen functional groups attached to an aromatic ring is 1. The number of aryl methyl sites for hydroxylation is 1. The predicted octanol–water partition coefficient (Wildman–Crippen LogP) is 3.28. The minimum Gasteiger partial charge on any atom is -0.399 e. The average molecular weight is 355 g/mol. The third-order valence-corrected chi connectivity index (χ3v) is 4.53. The molecule has 0 heterocycles. The zero-order valence-corrected chi connectivity index (χ0v) is 13.3. The van der Waals surface area contributed by atoms with Crippen LogP contribution in [0.3, 0.4) is 0 Å². The first-order chi connectivity index (χ1) is 9.35. The molecule has 0 spiro atoms. The van der Waals surface area contributed by atoms with Crippen molar-refractivity contribution in [2.75, 3.05) is 10.5 Å². The molecule has 0 aliphatic rings. The Morgan fingerprint density at radius 2 is 1.80 bits per heavy atom. The minimum absolute atomic E-state index is 0.0806. The molecule has 0 amide bonds. The average Bonchev–Trinajstić information content (AvgIpc) is 2.35. The quantitative estimate of drug-likeness (QED) is 0.827. The Morgan fingerprint density at radius 1 is 1.15 bits per heavy atom. The van der Waals surface area contributed by atoms with Gasteiger partial charge >= 0.3 is 0 Å². The summed E-state index contributed by atoms with van der Waals surface area (Å²) >= 11 is 3.35. The van der Waals surface area contributed by atoms with Crippen molar-refractivity contribution in [2.45, 2.75) is 12.7 Å². The first-order valence-electron chi connectivity index (χ1n) is 5.97. The van der Waals surface area contributed by atoms with Crippen LogP contribution in [0.15, 0.2) is 46.9 Å². The Labute approximate surface area is 127 Å². The van der Waals surface area contributed by atoms with Gasteiger partial charge in [-0.15, -0.1) is 0 Å². The summed E-state index contributed by atoms with van der Waals surface area (Å²) in [5.74, 6) is -0.0806. The summed E-state index contributed by atoms with van der Waals surface area (Å²) in [6.45, 7) is 1.85. The predicted molar refractivity (Wildman–Crippen MR) is 86.0 cm³/mol. The summed E-state index contributed by atoms with van der Waals surface area (Å²) in [6.07, 6.45) is 0. The van der Waals surface area contributed by atoms with Gasteiger partial charge in [0.25, 0.3) is 0 Å². The van der Waals surface area contributed by atoms with E-state index in [4.69, 9.17) is 5.73 Å². The molecule has 0 radical (unpaired) electrons. The van der Waals surface area contributed by atoms with Gasteiger partial charge in [0.2, 0.25) is 10.0 Å². The van der Waals surface area contributed by atoms with E-state index in [0.717, 1.165) is 10.0 Å². The summed E-state index contributed by atoms with van der Waals surface area (Å²) in [5.41, 5.74) is 8.34. The molecular weight excluding hydrogens is 340 g/mol. The molecule has 0 aliphatic heterocycles. The molecule has 0 saturated carbocycles. The van der Waals surface area contributed by atoms with Crippen molar-refractivity contribution in [3.63, 3.8) is 0 Å². The van der Waals surface area contributed by atoms with Crippen LogP contribution in [0.4, 0.5) is 11.4 Å². The maximum atomic E-state index is 12.1. The summed E-state index contributed by atoms with van der Waals surface area (Å²) in [6, 6.07) is 12.2. The molecule has 0 unspecified atom stereocenters. The molecule has 4 nitrogen and oxygen atoms in total. The largest absolute Gasteiger partial charge is 0.399 e. The van der Waals surface area contributed by atoms with Crippen LogP contribution in [-0.2, 0) is 15.8 Å². The van der Waals surface area contributed by atoms with E-state index in [2.05, 4.69) is 20.7 Å². The van der Waals surface area contributed by atoms with Crippen LogP contribution in [0.5, 0.6) is 0 Å². The number of hydrogen-bond donors (Lipinski definition) is 2. The minimum atomic E-state index is -3.44. The molecule has 0 fully saturated rings. The summed E-state index contributed by atoms with van der Waals surface area (Å²) in [7, 11) is -3.44. The van der Waals surface area contributed by atoms with Gasteiger partial charge in [0.1, 0.15) is 0 Å². The maximum absolute atomic E-state index is 12.1. The number of nitrogens with one attached hydrogen (secondary N) is 1. The molecule has 0 saturated heterocycles. The Bertz CT molecular complexity index is 712. The van der Waals surface area contributed by atoms with Crippen LogP contribution < -0.4 is 10.5 Å². The van der Waals surface area contributed by atoms with Gasteiger partial charge in [-0.05, 0) is 48.4 Å². The number of halogens is 1. The third-order valence-electron chi connectivity index (χ3n) is 2.79. The molecule has 3 N–H and O–H groups in total. The second kappa shape index (κ2) is 5.85. The molecule has 6 heteroatoms. The summed E-state index contributed by atoms with van der Waals surface area (Å²) in [5, 5.41) is 0. The van der Waals surface area contributed by atoms with Crippen molar-refractivity contribution in [1.29, 1.82) is 0 Å². The van der Waals surface area contributed by atoms with Crippen LogP contribution in [0.1, 0.15) is 11.1 Å². The molecule has 0 atom stereocenters. The highest BCUT2D eigenvalue weighted by atomic mass is 79.9. The standard InChI is InChI=1S/C14H15BrN2O2S/c1-10-8-12(15)4-7-14(10)17-20(18,19)9-11-2-5-13(16)6-3-11/h2-8,17H,9,16H2,1H3. The highest BCUT2D eigenvalue weighted by Crippen LogP contribution is 2.22. The lowest BCUT2D eigenvalue weighted by Crippen LogP contribution is -2.15. The van der Waals surface area contributed by atoms with E-state index >= 15 is 0 Å².